The van der Waals surface area contributed by atoms with Crippen LogP contribution >= 0.6 is 0 Å². The number of benzene rings is 3. The molecule has 5 rings (SSSR count). The van der Waals surface area contributed by atoms with Gasteiger partial charge in [-0.15, -0.1) is 0 Å². The first-order valence-electron chi connectivity index (χ1n) is 10.8. The molecule has 3 aromatic carbocycles. The van der Waals surface area contributed by atoms with Crippen molar-refractivity contribution in [2.24, 2.45) is 0 Å². The molecule has 2 heterocycles. The van der Waals surface area contributed by atoms with Crippen molar-refractivity contribution in [1.29, 1.82) is 0 Å². The molecule has 0 fully saturated rings. The van der Waals surface area contributed by atoms with E-state index in [0.717, 1.165) is 33.4 Å². The number of nitrogens with one attached hydrogen (secondary N) is 1. The first-order valence-corrected chi connectivity index (χ1v) is 10.8. The highest BCUT2D eigenvalue weighted by atomic mass is 19.1. The Morgan fingerprint density at radius 3 is 2.62 bits per heavy atom. The molecule has 6 nitrogen and oxygen atoms in total. The second-order valence-electron chi connectivity index (χ2n) is 7.72. The molecule has 0 atom stereocenters. The Kier molecular flexibility index (Phi) is 5.74. The van der Waals surface area contributed by atoms with E-state index in [2.05, 4.69) is 15.3 Å². The lowest BCUT2D eigenvalue weighted by atomic mass is 10.0. The Balaban J connectivity index is 1.52. The Hall–Kier alpha value is -4.52. The molecular formula is C27H21FN4O2. The fourth-order valence-electron chi connectivity index (χ4n) is 3.94. The van der Waals surface area contributed by atoms with E-state index in [1.807, 2.05) is 49.5 Å². The first-order chi connectivity index (χ1) is 16.6. The maximum atomic E-state index is 14.7. The summed E-state index contributed by atoms with van der Waals surface area (Å²) in [6.45, 7) is 0.173. The van der Waals surface area contributed by atoms with E-state index in [1.165, 1.54) is 23.6 Å². The Bertz CT molecular complexity index is 1470. The molecule has 0 spiro atoms. The molecule has 1 amide bonds. The average molecular weight is 452 g/mol. The standard InChI is InChI=1S/C27H21FN4O2/c1-29-26-21-15-20(11-12-23(21)30-17-31-26)19-7-4-6-18(14-19)16-32(24-9-3-2-8-22(24)28)27(33)25-10-5-13-34-25/h2-15,17H,16H2,1H3,(H,29,30,31). The number of furan rings is 1. The van der Waals surface area contributed by atoms with Crippen LogP contribution in [0.5, 0.6) is 0 Å². The van der Waals surface area contributed by atoms with E-state index in [-0.39, 0.29) is 18.0 Å². The van der Waals surface area contributed by atoms with Gasteiger partial charge in [-0.3, -0.25) is 9.69 Å². The summed E-state index contributed by atoms with van der Waals surface area (Å²) in [5.41, 5.74) is 3.82. The van der Waals surface area contributed by atoms with Crippen LogP contribution in [0.25, 0.3) is 22.0 Å². The molecule has 0 aliphatic heterocycles. The zero-order chi connectivity index (χ0) is 23.5. The van der Waals surface area contributed by atoms with Crippen molar-refractivity contribution in [2.75, 3.05) is 17.3 Å². The van der Waals surface area contributed by atoms with E-state index >= 15 is 0 Å². The summed E-state index contributed by atoms with van der Waals surface area (Å²) in [6, 6.07) is 23.2. The molecule has 2 aromatic heterocycles. The highest BCUT2D eigenvalue weighted by Gasteiger charge is 2.23. The summed E-state index contributed by atoms with van der Waals surface area (Å²) in [5.74, 6) is 0.000938. The highest BCUT2D eigenvalue weighted by molar-refractivity contribution is 6.04. The number of amides is 1. The number of hydrogen-bond donors (Lipinski definition) is 1. The molecule has 1 N–H and O–H groups in total. The summed E-state index contributed by atoms with van der Waals surface area (Å²) in [6.07, 6.45) is 2.96. The smallest absolute Gasteiger partial charge is 0.294 e. The first kappa shape index (κ1) is 21.3. The highest BCUT2D eigenvalue weighted by Crippen LogP contribution is 2.29. The molecule has 34 heavy (non-hydrogen) atoms. The van der Waals surface area contributed by atoms with Crippen LogP contribution in [0.2, 0.25) is 0 Å². The van der Waals surface area contributed by atoms with Crippen LogP contribution in [0.3, 0.4) is 0 Å². The molecule has 168 valence electrons. The summed E-state index contributed by atoms with van der Waals surface area (Å²) in [4.78, 5) is 23.2. The lowest BCUT2D eigenvalue weighted by Gasteiger charge is -2.23. The third-order valence-corrected chi connectivity index (χ3v) is 5.59. The number of anilines is 2. The summed E-state index contributed by atoms with van der Waals surface area (Å²) in [7, 11) is 1.82. The van der Waals surface area contributed by atoms with Crippen LogP contribution in [-0.2, 0) is 6.54 Å². The van der Waals surface area contributed by atoms with Crippen molar-refractivity contribution in [3.8, 4) is 11.1 Å². The minimum absolute atomic E-state index is 0.147. The Morgan fingerprint density at radius 2 is 1.82 bits per heavy atom. The second-order valence-corrected chi connectivity index (χ2v) is 7.72. The SMILES string of the molecule is CNc1ncnc2ccc(-c3cccc(CN(C(=O)c4ccco4)c4ccccc4F)c3)cc12. The number of rotatable bonds is 6. The van der Waals surface area contributed by atoms with Gasteiger partial charge in [0, 0.05) is 12.4 Å². The summed E-state index contributed by atoms with van der Waals surface area (Å²) < 4.78 is 20.0. The van der Waals surface area contributed by atoms with E-state index in [9.17, 15) is 9.18 Å². The number of halogens is 1. The molecule has 0 saturated carbocycles. The minimum atomic E-state index is -0.479. The Labute approximate surface area is 195 Å². The number of fused-ring (bicyclic) bond motifs is 1. The van der Waals surface area contributed by atoms with Gasteiger partial charge in [0.1, 0.15) is 18.0 Å². The fraction of sp³-hybridized carbons (Fsp3) is 0.0741. The van der Waals surface area contributed by atoms with Crippen LogP contribution in [0.4, 0.5) is 15.9 Å². The van der Waals surface area contributed by atoms with Gasteiger partial charge in [0.25, 0.3) is 5.91 Å². The predicted octanol–water partition coefficient (Wildman–Crippen LogP) is 5.92. The largest absolute Gasteiger partial charge is 0.459 e. The normalized spacial score (nSPS) is 10.9. The second kappa shape index (κ2) is 9.15. The molecule has 0 aliphatic carbocycles. The van der Waals surface area contributed by atoms with Crippen molar-refractivity contribution in [2.45, 2.75) is 6.54 Å². The van der Waals surface area contributed by atoms with Crippen LogP contribution in [-0.4, -0.2) is 22.9 Å². The maximum absolute atomic E-state index is 14.7. The number of nitrogens with zero attached hydrogens (tertiary/aromatic N) is 3. The van der Waals surface area contributed by atoms with Crippen molar-refractivity contribution in [3.63, 3.8) is 0 Å². The van der Waals surface area contributed by atoms with Crippen LogP contribution < -0.4 is 10.2 Å². The van der Waals surface area contributed by atoms with Crippen molar-refractivity contribution < 1.29 is 13.6 Å². The predicted molar refractivity (Wildman–Crippen MR) is 130 cm³/mol. The van der Waals surface area contributed by atoms with Gasteiger partial charge in [0.15, 0.2) is 5.76 Å². The van der Waals surface area contributed by atoms with Gasteiger partial charge in [-0.2, -0.15) is 0 Å². The van der Waals surface area contributed by atoms with Gasteiger partial charge < -0.3 is 9.73 Å². The van der Waals surface area contributed by atoms with E-state index < -0.39 is 11.7 Å². The van der Waals surface area contributed by atoms with E-state index in [4.69, 9.17) is 4.42 Å². The third kappa shape index (κ3) is 4.11. The lowest BCUT2D eigenvalue weighted by Crippen LogP contribution is -2.30. The van der Waals surface area contributed by atoms with Crippen LogP contribution in [0, 0.1) is 5.82 Å². The van der Waals surface area contributed by atoms with Crippen LogP contribution in [0.1, 0.15) is 16.1 Å². The van der Waals surface area contributed by atoms with Gasteiger partial charge in [-0.1, -0.05) is 36.4 Å². The van der Waals surface area contributed by atoms with Crippen LogP contribution in [0.15, 0.2) is 95.9 Å². The monoisotopic (exact) mass is 452 g/mol. The van der Waals surface area contributed by atoms with Gasteiger partial charge in [0.2, 0.25) is 0 Å². The molecular weight excluding hydrogens is 431 g/mol. The molecule has 0 radical (unpaired) electrons. The lowest BCUT2D eigenvalue weighted by molar-refractivity contribution is 0.0957. The molecule has 0 saturated heterocycles. The number of aromatic nitrogens is 2. The molecule has 5 aromatic rings. The van der Waals surface area contributed by atoms with Gasteiger partial charge >= 0.3 is 0 Å². The van der Waals surface area contributed by atoms with Gasteiger partial charge in [0.05, 0.1) is 24.0 Å². The molecule has 7 heteroatoms. The van der Waals surface area contributed by atoms with Gasteiger partial charge in [-0.05, 0) is 59.2 Å². The molecule has 0 unspecified atom stereocenters. The van der Waals surface area contributed by atoms with Crippen molar-refractivity contribution >= 4 is 28.3 Å². The maximum Gasteiger partial charge on any atom is 0.294 e. The zero-order valence-corrected chi connectivity index (χ0v) is 18.4. The number of para-hydroxylation sites is 1. The topological polar surface area (TPSA) is 71.3 Å². The number of carbonyl (C=O) groups is 1. The van der Waals surface area contributed by atoms with Crippen molar-refractivity contribution in [3.05, 3.63) is 109 Å². The van der Waals surface area contributed by atoms with Crippen molar-refractivity contribution in [1.82, 2.24) is 9.97 Å². The zero-order valence-electron chi connectivity index (χ0n) is 18.4. The quantitative estimate of drug-likeness (QED) is 0.346. The summed E-state index contributed by atoms with van der Waals surface area (Å²) in [5, 5.41) is 4.01. The molecule has 0 aliphatic rings. The number of hydrogen-bond acceptors (Lipinski definition) is 5. The molecule has 0 bridgehead atoms. The minimum Gasteiger partial charge on any atom is -0.459 e. The van der Waals surface area contributed by atoms with E-state index in [1.54, 1.807) is 30.3 Å². The number of carbonyl (C=O) groups excluding carboxylic acids is 1. The third-order valence-electron chi connectivity index (χ3n) is 5.59. The Morgan fingerprint density at radius 1 is 0.971 bits per heavy atom. The van der Waals surface area contributed by atoms with E-state index in [0.29, 0.717) is 0 Å². The average Bonchev–Trinajstić information content (AvgIpc) is 3.42. The summed E-state index contributed by atoms with van der Waals surface area (Å²) >= 11 is 0. The van der Waals surface area contributed by atoms with Gasteiger partial charge in [-0.25, -0.2) is 14.4 Å². The fourth-order valence-corrected chi connectivity index (χ4v) is 3.94.